The number of esters is 1. The highest BCUT2D eigenvalue weighted by Crippen LogP contribution is 2.12. The Hall–Kier alpha value is -3.16. The van der Waals surface area contributed by atoms with Gasteiger partial charge in [-0.25, -0.2) is 9.59 Å². The Bertz CT molecular complexity index is 889. The number of aromatic amines is 1. The summed E-state index contributed by atoms with van der Waals surface area (Å²) < 4.78 is 5.08. The van der Waals surface area contributed by atoms with Gasteiger partial charge in [0, 0.05) is 18.5 Å². The smallest absolute Gasteiger partial charge is 0.355 e. The minimum atomic E-state index is -1.14. The Morgan fingerprint density at radius 1 is 1.25 bits per heavy atom. The second-order valence-electron chi connectivity index (χ2n) is 5.37. The molecule has 24 heavy (non-hydrogen) atoms. The molecule has 8 heteroatoms. The van der Waals surface area contributed by atoms with E-state index < -0.39 is 29.6 Å². The number of fused-ring (bicyclic) bond motifs is 1. The van der Waals surface area contributed by atoms with Gasteiger partial charge in [0.1, 0.15) is 5.69 Å². The highest BCUT2D eigenvalue weighted by molar-refractivity contribution is 5.99. The molecule has 1 aromatic carbocycles. The summed E-state index contributed by atoms with van der Waals surface area (Å²) in [6.07, 6.45) is -1.14. The van der Waals surface area contributed by atoms with Crippen molar-refractivity contribution in [1.82, 2.24) is 15.2 Å². The highest BCUT2D eigenvalue weighted by Gasteiger charge is 2.31. The number of imide groups is 1. The van der Waals surface area contributed by atoms with Crippen LogP contribution in [0.25, 0.3) is 10.8 Å². The van der Waals surface area contributed by atoms with Gasteiger partial charge in [-0.05, 0) is 24.4 Å². The van der Waals surface area contributed by atoms with E-state index in [1.54, 1.807) is 24.3 Å². The van der Waals surface area contributed by atoms with Crippen molar-refractivity contribution < 1.29 is 19.1 Å². The van der Waals surface area contributed by atoms with Crippen molar-refractivity contribution in [2.45, 2.75) is 13.0 Å². The molecule has 2 heterocycles. The molecule has 1 atom stereocenters. The first kappa shape index (κ1) is 15.7. The molecule has 0 unspecified atom stereocenters. The zero-order valence-corrected chi connectivity index (χ0v) is 12.9. The molecule has 3 rings (SSSR count). The van der Waals surface area contributed by atoms with Crippen molar-refractivity contribution in [2.24, 2.45) is 0 Å². The minimum absolute atomic E-state index is 0.0516. The predicted molar refractivity (Wildman–Crippen MR) is 84.6 cm³/mol. The maximum Gasteiger partial charge on any atom is 0.355 e. The Balaban J connectivity index is 1.78. The van der Waals surface area contributed by atoms with Crippen LogP contribution >= 0.6 is 0 Å². The Labute approximate surface area is 136 Å². The number of pyridine rings is 1. The fourth-order valence-electron chi connectivity index (χ4n) is 2.50. The lowest BCUT2D eigenvalue weighted by Crippen LogP contribution is -2.42. The molecule has 8 nitrogen and oxygen atoms in total. The van der Waals surface area contributed by atoms with Crippen LogP contribution in [-0.4, -0.2) is 47.0 Å². The number of rotatable bonds is 3. The Kier molecular flexibility index (Phi) is 4.03. The van der Waals surface area contributed by atoms with E-state index in [0.29, 0.717) is 17.3 Å². The molecule has 0 aliphatic carbocycles. The van der Waals surface area contributed by atoms with E-state index in [-0.39, 0.29) is 12.2 Å². The molecule has 0 radical (unpaired) electrons. The fourth-order valence-corrected chi connectivity index (χ4v) is 2.50. The number of H-pyrrole nitrogens is 1. The molecule has 1 fully saturated rings. The number of aromatic nitrogens is 1. The lowest BCUT2D eigenvalue weighted by Gasteiger charge is -2.18. The lowest BCUT2D eigenvalue weighted by atomic mass is 10.1. The van der Waals surface area contributed by atoms with Gasteiger partial charge in [-0.2, -0.15) is 0 Å². The van der Waals surface area contributed by atoms with E-state index >= 15 is 0 Å². The van der Waals surface area contributed by atoms with Crippen molar-refractivity contribution in [3.8, 4) is 0 Å². The van der Waals surface area contributed by atoms with E-state index in [1.807, 2.05) is 0 Å². The number of carbonyl (C=O) groups is 3. The third-order valence-electron chi connectivity index (χ3n) is 3.73. The molecule has 1 aliphatic heterocycles. The second kappa shape index (κ2) is 6.15. The van der Waals surface area contributed by atoms with E-state index in [9.17, 15) is 19.2 Å². The first-order valence-corrected chi connectivity index (χ1v) is 7.39. The molecule has 1 saturated heterocycles. The zero-order valence-electron chi connectivity index (χ0n) is 12.9. The molecule has 3 amide bonds. The summed E-state index contributed by atoms with van der Waals surface area (Å²) in [6, 6.07) is 7.78. The monoisotopic (exact) mass is 329 g/mol. The Morgan fingerprint density at radius 2 is 2.00 bits per heavy atom. The van der Waals surface area contributed by atoms with Gasteiger partial charge >= 0.3 is 12.0 Å². The van der Waals surface area contributed by atoms with Crippen LogP contribution in [-0.2, 0) is 9.53 Å². The molecule has 0 bridgehead atoms. The van der Waals surface area contributed by atoms with Crippen LogP contribution in [0.15, 0.2) is 35.1 Å². The van der Waals surface area contributed by atoms with Crippen molar-refractivity contribution in [1.29, 1.82) is 0 Å². The number of amides is 3. The number of urea groups is 1. The maximum absolute atomic E-state index is 12.2. The average Bonchev–Trinajstić information content (AvgIpc) is 3.00. The van der Waals surface area contributed by atoms with E-state index in [0.717, 1.165) is 4.90 Å². The topological polar surface area (TPSA) is 109 Å². The molecule has 1 aliphatic rings. The standard InChI is InChI=1S/C16H15N3O5/c1-9(14(21)19-7-6-17-16(19)23)24-15(22)12-8-10-4-2-3-5-11(10)13(20)18-12/h2-5,8-9H,6-7H2,1H3,(H,17,23)(H,18,20)/t9-/m0/s1. The quantitative estimate of drug-likeness (QED) is 0.803. The van der Waals surface area contributed by atoms with Crippen LogP contribution in [0.3, 0.4) is 0 Å². The summed E-state index contributed by atoms with van der Waals surface area (Å²) in [5.41, 5.74) is -0.470. The summed E-state index contributed by atoms with van der Waals surface area (Å²) in [5.74, 6) is -1.44. The van der Waals surface area contributed by atoms with Gasteiger partial charge in [-0.3, -0.25) is 14.5 Å². The normalized spacial score (nSPS) is 15.2. The van der Waals surface area contributed by atoms with Gasteiger partial charge in [-0.15, -0.1) is 0 Å². The van der Waals surface area contributed by atoms with Crippen LogP contribution in [0.5, 0.6) is 0 Å². The molecule has 124 valence electrons. The number of carbonyl (C=O) groups excluding carboxylic acids is 3. The fraction of sp³-hybridized carbons (Fsp3) is 0.250. The summed E-state index contributed by atoms with van der Waals surface area (Å²) in [6.45, 7) is 1.97. The number of benzene rings is 1. The molecule has 1 aromatic heterocycles. The Morgan fingerprint density at radius 3 is 2.71 bits per heavy atom. The molecular weight excluding hydrogens is 314 g/mol. The van der Waals surface area contributed by atoms with E-state index in [1.165, 1.54) is 13.0 Å². The zero-order chi connectivity index (χ0) is 17.3. The minimum Gasteiger partial charge on any atom is -0.448 e. The van der Waals surface area contributed by atoms with Gasteiger partial charge in [0.05, 0.1) is 0 Å². The van der Waals surface area contributed by atoms with E-state index in [2.05, 4.69) is 10.3 Å². The molecule has 0 spiro atoms. The number of hydrogen-bond acceptors (Lipinski definition) is 5. The third-order valence-corrected chi connectivity index (χ3v) is 3.73. The number of nitrogens with one attached hydrogen (secondary N) is 2. The molecule has 2 N–H and O–H groups in total. The average molecular weight is 329 g/mol. The van der Waals surface area contributed by atoms with Crippen molar-refractivity contribution >= 4 is 28.7 Å². The summed E-state index contributed by atoms with van der Waals surface area (Å²) in [7, 11) is 0. The number of nitrogens with zero attached hydrogens (tertiary/aromatic N) is 1. The highest BCUT2D eigenvalue weighted by atomic mass is 16.5. The van der Waals surface area contributed by atoms with Gasteiger partial charge in [0.2, 0.25) is 0 Å². The van der Waals surface area contributed by atoms with Crippen molar-refractivity contribution in [3.63, 3.8) is 0 Å². The second-order valence-corrected chi connectivity index (χ2v) is 5.37. The van der Waals surface area contributed by atoms with Crippen LogP contribution in [0.1, 0.15) is 17.4 Å². The lowest BCUT2D eigenvalue weighted by molar-refractivity contribution is -0.136. The third kappa shape index (κ3) is 2.85. The maximum atomic E-state index is 12.2. The van der Waals surface area contributed by atoms with Gasteiger partial charge in [0.15, 0.2) is 6.10 Å². The number of ether oxygens (including phenoxy) is 1. The van der Waals surface area contributed by atoms with Crippen LogP contribution in [0.2, 0.25) is 0 Å². The first-order valence-electron chi connectivity index (χ1n) is 7.39. The predicted octanol–water partition coefficient (Wildman–Crippen LogP) is 0.625. The molecule has 0 saturated carbocycles. The largest absolute Gasteiger partial charge is 0.448 e. The number of hydrogen-bond donors (Lipinski definition) is 2. The molecule has 2 aromatic rings. The van der Waals surface area contributed by atoms with Crippen LogP contribution in [0.4, 0.5) is 4.79 Å². The summed E-state index contributed by atoms with van der Waals surface area (Å²) in [5, 5.41) is 3.54. The van der Waals surface area contributed by atoms with Crippen LogP contribution < -0.4 is 10.9 Å². The summed E-state index contributed by atoms with van der Waals surface area (Å²) >= 11 is 0. The van der Waals surface area contributed by atoms with Crippen molar-refractivity contribution in [3.05, 3.63) is 46.4 Å². The van der Waals surface area contributed by atoms with E-state index in [4.69, 9.17) is 4.74 Å². The van der Waals surface area contributed by atoms with Crippen LogP contribution in [0, 0.1) is 0 Å². The first-order chi connectivity index (χ1) is 11.5. The van der Waals surface area contributed by atoms with Gasteiger partial charge in [-0.1, -0.05) is 18.2 Å². The SMILES string of the molecule is C[C@H](OC(=O)c1cc2ccccc2c(=O)[nH]1)C(=O)N1CCNC1=O. The van der Waals surface area contributed by atoms with Gasteiger partial charge < -0.3 is 15.0 Å². The van der Waals surface area contributed by atoms with Crippen molar-refractivity contribution in [2.75, 3.05) is 13.1 Å². The molecular formula is C16H15N3O5. The summed E-state index contributed by atoms with van der Waals surface area (Å²) in [4.78, 5) is 51.2. The van der Waals surface area contributed by atoms with Gasteiger partial charge in [0.25, 0.3) is 11.5 Å².